The lowest BCUT2D eigenvalue weighted by Crippen LogP contribution is -2.34. The smallest absolute Gasteiger partial charge is 0.387 e. The number of benzene rings is 3. The molecule has 31 heavy (non-hydrogen) atoms. The highest BCUT2D eigenvalue weighted by Crippen LogP contribution is 2.30. The van der Waals surface area contributed by atoms with Crippen LogP contribution in [0.2, 0.25) is 0 Å². The van der Waals surface area contributed by atoms with Gasteiger partial charge in [-0.15, -0.1) is 0 Å². The third-order valence-electron chi connectivity index (χ3n) is 4.62. The van der Waals surface area contributed by atoms with Crippen LogP contribution >= 0.6 is 0 Å². The summed E-state index contributed by atoms with van der Waals surface area (Å²) in [6.45, 7) is -1.29. The average molecular weight is 429 g/mol. The first-order valence-corrected chi connectivity index (χ1v) is 9.52. The standard InChI is InChI=1S/C23H21F2NO5/c1-3-26(18-10-6-8-15-7-4-5-9-17(15)18)21(27)14-30-22(28)16-11-12-19(31-23(24)25)20(13-16)29-2/h4-13,23H,3,14H2,1-2H3. The number of esters is 1. The molecule has 1 amide bonds. The highest BCUT2D eigenvalue weighted by atomic mass is 19.3. The van der Waals surface area contributed by atoms with Crippen molar-refractivity contribution in [3.8, 4) is 11.5 Å². The number of methoxy groups -OCH3 is 1. The largest absolute Gasteiger partial charge is 0.493 e. The van der Waals surface area contributed by atoms with Crippen LogP contribution in [0.4, 0.5) is 14.5 Å². The maximum Gasteiger partial charge on any atom is 0.387 e. The van der Waals surface area contributed by atoms with E-state index in [1.165, 1.54) is 30.2 Å². The second-order valence-electron chi connectivity index (χ2n) is 6.46. The zero-order chi connectivity index (χ0) is 22.4. The lowest BCUT2D eigenvalue weighted by Gasteiger charge is -2.22. The Bertz CT molecular complexity index is 1080. The molecule has 3 aromatic carbocycles. The van der Waals surface area contributed by atoms with Gasteiger partial charge in [-0.3, -0.25) is 4.79 Å². The molecule has 0 aromatic heterocycles. The summed E-state index contributed by atoms with van der Waals surface area (Å²) < 4.78 is 39.3. The van der Waals surface area contributed by atoms with Crippen molar-refractivity contribution in [1.29, 1.82) is 0 Å². The van der Waals surface area contributed by atoms with Gasteiger partial charge >= 0.3 is 12.6 Å². The summed E-state index contributed by atoms with van der Waals surface area (Å²) in [6.07, 6.45) is 0. The molecule has 0 atom stereocenters. The number of alkyl halides is 2. The minimum Gasteiger partial charge on any atom is -0.493 e. The number of nitrogens with zero attached hydrogens (tertiary/aromatic N) is 1. The van der Waals surface area contributed by atoms with Gasteiger partial charge in [0.15, 0.2) is 18.1 Å². The fraction of sp³-hybridized carbons (Fsp3) is 0.217. The second-order valence-corrected chi connectivity index (χ2v) is 6.46. The quantitative estimate of drug-likeness (QED) is 0.488. The molecule has 0 spiro atoms. The van der Waals surface area contributed by atoms with Crippen molar-refractivity contribution in [3.05, 3.63) is 66.2 Å². The van der Waals surface area contributed by atoms with Crippen molar-refractivity contribution in [2.75, 3.05) is 25.2 Å². The second kappa shape index (κ2) is 9.88. The molecule has 3 rings (SSSR count). The van der Waals surface area contributed by atoms with Gasteiger partial charge in [0, 0.05) is 11.9 Å². The van der Waals surface area contributed by atoms with Crippen LogP contribution in [0.5, 0.6) is 11.5 Å². The van der Waals surface area contributed by atoms with Crippen LogP contribution in [0, 0.1) is 0 Å². The van der Waals surface area contributed by atoms with E-state index >= 15 is 0 Å². The normalized spacial score (nSPS) is 10.7. The zero-order valence-corrected chi connectivity index (χ0v) is 17.0. The van der Waals surface area contributed by atoms with Crippen LogP contribution in [-0.4, -0.2) is 38.7 Å². The number of rotatable bonds is 8. The fourth-order valence-corrected chi connectivity index (χ4v) is 3.20. The van der Waals surface area contributed by atoms with Crippen LogP contribution in [0.1, 0.15) is 17.3 Å². The molecule has 0 unspecified atom stereocenters. The van der Waals surface area contributed by atoms with Gasteiger partial charge in [0.05, 0.1) is 18.4 Å². The van der Waals surface area contributed by atoms with E-state index in [1.54, 1.807) is 0 Å². The van der Waals surface area contributed by atoms with E-state index in [-0.39, 0.29) is 17.1 Å². The molecule has 162 valence electrons. The number of ether oxygens (including phenoxy) is 3. The summed E-state index contributed by atoms with van der Waals surface area (Å²) in [6, 6.07) is 17.0. The van der Waals surface area contributed by atoms with Crippen LogP contribution in [0.15, 0.2) is 60.7 Å². The molecule has 0 bridgehead atoms. The fourth-order valence-electron chi connectivity index (χ4n) is 3.20. The molecule has 0 saturated heterocycles. The SMILES string of the molecule is CCN(C(=O)COC(=O)c1ccc(OC(F)F)c(OC)c1)c1cccc2ccccc12. The number of anilines is 1. The van der Waals surface area contributed by atoms with Gasteiger partial charge in [-0.1, -0.05) is 36.4 Å². The summed E-state index contributed by atoms with van der Waals surface area (Å²) in [5.41, 5.74) is 0.760. The van der Waals surface area contributed by atoms with Gasteiger partial charge in [0.25, 0.3) is 5.91 Å². The van der Waals surface area contributed by atoms with Crippen molar-refractivity contribution in [1.82, 2.24) is 0 Å². The minimum absolute atomic E-state index is 0.0412. The topological polar surface area (TPSA) is 65.1 Å². The molecule has 0 heterocycles. The number of carbonyl (C=O) groups excluding carboxylic acids is 2. The van der Waals surface area contributed by atoms with Crippen LogP contribution in [-0.2, 0) is 9.53 Å². The van der Waals surface area contributed by atoms with Crippen LogP contribution in [0.3, 0.4) is 0 Å². The highest BCUT2D eigenvalue weighted by molar-refractivity contribution is 6.04. The maximum atomic E-state index is 12.8. The molecule has 0 aliphatic heterocycles. The van der Waals surface area contributed by atoms with Gasteiger partial charge in [-0.05, 0) is 36.6 Å². The Morgan fingerprint density at radius 1 is 1.00 bits per heavy atom. The third-order valence-corrected chi connectivity index (χ3v) is 4.62. The molecular formula is C23H21F2NO5. The van der Waals surface area contributed by atoms with E-state index in [2.05, 4.69) is 4.74 Å². The summed E-state index contributed by atoms with van der Waals surface area (Å²) in [7, 11) is 1.26. The lowest BCUT2D eigenvalue weighted by molar-refractivity contribution is -0.121. The number of hydrogen-bond acceptors (Lipinski definition) is 5. The number of fused-ring (bicyclic) bond motifs is 1. The summed E-state index contributed by atoms with van der Waals surface area (Å²) in [4.78, 5) is 26.7. The first-order chi connectivity index (χ1) is 14.9. The van der Waals surface area contributed by atoms with E-state index in [1.807, 2.05) is 49.4 Å². The minimum atomic E-state index is -3.03. The van der Waals surface area contributed by atoms with Gasteiger partial charge in [-0.2, -0.15) is 8.78 Å². The Kier molecular flexibility index (Phi) is 7.02. The van der Waals surface area contributed by atoms with Crippen LogP contribution in [0.25, 0.3) is 10.8 Å². The Morgan fingerprint density at radius 3 is 2.45 bits per heavy atom. The molecule has 3 aromatic rings. The summed E-state index contributed by atoms with van der Waals surface area (Å²) in [5.74, 6) is -1.44. The van der Waals surface area contributed by atoms with Gasteiger partial charge < -0.3 is 19.1 Å². The predicted octanol–water partition coefficient (Wildman–Crippen LogP) is 4.66. The molecule has 8 heteroatoms. The van der Waals surface area contributed by atoms with Crippen molar-refractivity contribution in [3.63, 3.8) is 0 Å². The van der Waals surface area contributed by atoms with Crippen LogP contribution < -0.4 is 14.4 Å². The molecular weight excluding hydrogens is 408 g/mol. The van der Waals surface area contributed by atoms with Crippen molar-refractivity contribution >= 4 is 28.3 Å². The van der Waals surface area contributed by atoms with E-state index in [4.69, 9.17) is 9.47 Å². The summed E-state index contributed by atoms with van der Waals surface area (Å²) in [5, 5.41) is 1.90. The molecule has 0 N–H and O–H groups in total. The Morgan fingerprint density at radius 2 is 1.74 bits per heavy atom. The Labute approximate surface area is 177 Å². The van der Waals surface area contributed by atoms with Crippen molar-refractivity contribution in [2.45, 2.75) is 13.5 Å². The number of amides is 1. The number of hydrogen-bond donors (Lipinski definition) is 0. The molecule has 0 radical (unpaired) electrons. The number of likely N-dealkylation sites (N-methyl/N-ethyl adjacent to an activating group) is 1. The average Bonchev–Trinajstić information content (AvgIpc) is 2.78. The highest BCUT2D eigenvalue weighted by Gasteiger charge is 2.20. The van der Waals surface area contributed by atoms with Gasteiger partial charge in [0.1, 0.15) is 0 Å². The van der Waals surface area contributed by atoms with Gasteiger partial charge in [0.2, 0.25) is 0 Å². The van der Waals surface area contributed by atoms with E-state index < -0.39 is 25.1 Å². The lowest BCUT2D eigenvalue weighted by atomic mass is 10.1. The summed E-state index contributed by atoms with van der Waals surface area (Å²) >= 11 is 0. The maximum absolute atomic E-state index is 12.8. The Balaban J connectivity index is 1.72. The van der Waals surface area contributed by atoms with Gasteiger partial charge in [-0.25, -0.2) is 4.79 Å². The molecule has 0 fully saturated rings. The first-order valence-electron chi connectivity index (χ1n) is 9.52. The zero-order valence-electron chi connectivity index (χ0n) is 17.0. The molecule has 0 saturated carbocycles. The molecule has 0 aliphatic rings. The van der Waals surface area contributed by atoms with E-state index in [0.29, 0.717) is 6.54 Å². The molecule has 0 aliphatic carbocycles. The van der Waals surface area contributed by atoms with E-state index in [0.717, 1.165) is 16.5 Å². The number of carbonyl (C=O) groups is 2. The van der Waals surface area contributed by atoms with Crippen molar-refractivity contribution < 1.29 is 32.6 Å². The molecule has 6 nitrogen and oxygen atoms in total. The monoisotopic (exact) mass is 429 g/mol. The number of halogens is 2. The third kappa shape index (κ3) is 5.09. The Hall–Kier alpha value is -3.68. The first kappa shape index (κ1) is 22.0. The van der Waals surface area contributed by atoms with E-state index in [9.17, 15) is 18.4 Å². The van der Waals surface area contributed by atoms with Crippen molar-refractivity contribution in [2.24, 2.45) is 0 Å². The predicted molar refractivity (Wildman–Crippen MR) is 112 cm³/mol.